The molecule has 2 aliphatic heterocycles. The topological polar surface area (TPSA) is 137 Å². The molecule has 0 bridgehead atoms. The zero-order valence-corrected chi connectivity index (χ0v) is 26.1. The molecule has 0 spiro atoms. The van der Waals surface area contributed by atoms with E-state index < -0.39 is 30.1 Å². The highest BCUT2D eigenvalue weighted by Gasteiger charge is 2.36. The van der Waals surface area contributed by atoms with E-state index in [0.29, 0.717) is 53.7 Å². The van der Waals surface area contributed by atoms with Crippen LogP contribution in [0.1, 0.15) is 87.9 Å². The number of esters is 2. The van der Waals surface area contributed by atoms with Crippen molar-refractivity contribution in [1.29, 1.82) is 0 Å². The minimum atomic E-state index is -0.507. The van der Waals surface area contributed by atoms with Crippen molar-refractivity contribution in [2.45, 2.75) is 70.1 Å². The molecule has 11 nitrogen and oxygen atoms in total. The Hall–Kier alpha value is -4.32. The number of carbonyl (C=O) groups is 4. The summed E-state index contributed by atoms with van der Waals surface area (Å²) in [6, 6.07) is 14.6. The van der Waals surface area contributed by atoms with E-state index in [1.54, 1.807) is 36.1 Å². The lowest BCUT2D eigenvalue weighted by molar-refractivity contribution is -0.139. The van der Waals surface area contributed by atoms with Crippen molar-refractivity contribution in [2.24, 2.45) is 5.92 Å². The monoisotopic (exact) mass is 632 g/mol. The number of likely N-dealkylation sites (tertiary alicyclic amines) is 1. The lowest BCUT2D eigenvalue weighted by Crippen LogP contribution is -2.46. The third-order valence-corrected chi connectivity index (χ3v) is 9.34. The van der Waals surface area contributed by atoms with Crippen LogP contribution in [0, 0.1) is 12.8 Å². The minimum absolute atomic E-state index is 0.0925. The number of nitrogens with zero attached hydrogens (tertiary/aromatic N) is 3. The number of cyclic esters (lactones) is 1. The predicted molar refractivity (Wildman–Crippen MR) is 164 cm³/mol. The summed E-state index contributed by atoms with van der Waals surface area (Å²) in [6.45, 7) is 4.60. The summed E-state index contributed by atoms with van der Waals surface area (Å²) in [4.78, 5) is 52.4. The van der Waals surface area contributed by atoms with E-state index in [1.165, 1.54) is 18.4 Å². The van der Waals surface area contributed by atoms with Gasteiger partial charge in [0, 0.05) is 6.54 Å². The Morgan fingerprint density at radius 1 is 1.07 bits per heavy atom. The third-order valence-electron chi connectivity index (χ3n) is 8.51. The Balaban J connectivity index is 1.10. The highest BCUT2D eigenvalue weighted by atomic mass is 32.1. The van der Waals surface area contributed by atoms with E-state index >= 15 is 0 Å². The molecule has 3 heterocycles. The van der Waals surface area contributed by atoms with Crippen LogP contribution < -0.4 is 10.1 Å². The van der Waals surface area contributed by atoms with Crippen molar-refractivity contribution < 1.29 is 33.4 Å². The van der Waals surface area contributed by atoms with Gasteiger partial charge in [-0.15, -0.1) is 5.10 Å². The first-order chi connectivity index (χ1) is 21.7. The van der Waals surface area contributed by atoms with Gasteiger partial charge in [-0.3, -0.25) is 14.4 Å². The minimum Gasteiger partial charge on any atom is -0.484 e. The first kappa shape index (κ1) is 30.7. The zero-order valence-electron chi connectivity index (χ0n) is 25.3. The highest BCUT2D eigenvalue weighted by Crippen LogP contribution is 2.40. The van der Waals surface area contributed by atoms with E-state index in [9.17, 15) is 19.2 Å². The molecule has 2 aromatic carbocycles. The first-order valence-corrected chi connectivity index (χ1v) is 16.1. The maximum Gasteiger partial charge on any atom is 0.338 e. The molecular weight excluding hydrogens is 596 g/mol. The molecule has 45 heavy (non-hydrogen) atoms. The number of hydrogen-bond acceptors (Lipinski definition) is 10. The Kier molecular flexibility index (Phi) is 9.11. The van der Waals surface area contributed by atoms with Crippen LogP contribution in [0.15, 0.2) is 48.5 Å². The van der Waals surface area contributed by atoms with Gasteiger partial charge in [0.2, 0.25) is 5.91 Å². The maximum atomic E-state index is 13.0. The van der Waals surface area contributed by atoms with E-state index in [2.05, 4.69) is 27.0 Å². The Morgan fingerprint density at radius 2 is 1.82 bits per heavy atom. The van der Waals surface area contributed by atoms with Crippen LogP contribution in [0.25, 0.3) is 0 Å². The number of ether oxygens (including phenoxy) is 3. The van der Waals surface area contributed by atoms with Crippen molar-refractivity contribution in [3.05, 3.63) is 75.8 Å². The average Bonchev–Trinajstić information content (AvgIpc) is 3.66. The van der Waals surface area contributed by atoms with Crippen LogP contribution >= 0.6 is 11.5 Å². The van der Waals surface area contributed by atoms with E-state index in [-0.39, 0.29) is 30.8 Å². The molecule has 6 rings (SSSR count). The number of amides is 2. The van der Waals surface area contributed by atoms with Crippen LogP contribution in [0.5, 0.6) is 5.75 Å². The second-order valence-electron chi connectivity index (χ2n) is 12.0. The summed E-state index contributed by atoms with van der Waals surface area (Å²) in [5.74, 6) is -0.558. The molecule has 1 N–H and O–H groups in total. The van der Waals surface area contributed by atoms with Crippen molar-refractivity contribution in [1.82, 2.24) is 19.8 Å². The molecule has 236 valence electrons. The number of benzene rings is 2. The van der Waals surface area contributed by atoms with Crippen molar-refractivity contribution in [3.8, 4) is 5.75 Å². The summed E-state index contributed by atoms with van der Waals surface area (Å²) in [5, 5.41) is 6.98. The first-order valence-electron chi connectivity index (χ1n) is 15.4. The summed E-state index contributed by atoms with van der Waals surface area (Å²) in [6.07, 6.45) is 2.92. The van der Waals surface area contributed by atoms with Gasteiger partial charge < -0.3 is 24.4 Å². The van der Waals surface area contributed by atoms with Gasteiger partial charge in [0.05, 0.1) is 36.2 Å². The van der Waals surface area contributed by atoms with Gasteiger partial charge in [0.1, 0.15) is 29.4 Å². The van der Waals surface area contributed by atoms with Gasteiger partial charge >= 0.3 is 11.9 Å². The van der Waals surface area contributed by atoms with E-state index in [0.717, 1.165) is 17.1 Å². The lowest BCUT2D eigenvalue weighted by atomic mass is 10.00. The van der Waals surface area contributed by atoms with E-state index in [1.807, 2.05) is 19.1 Å². The summed E-state index contributed by atoms with van der Waals surface area (Å²) in [5.41, 5.74) is 3.16. The molecule has 4 atom stereocenters. The Bertz CT molecular complexity index is 1550. The number of nitrogens with one attached hydrogen (secondary N) is 1. The van der Waals surface area contributed by atoms with Gasteiger partial charge in [0.25, 0.3) is 5.91 Å². The lowest BCUT2D eigenvalue weighted by Gasteiger charge is -2.33. The van der Waals surface area contributed by atoms with Crippen LogP contribution in [0.4, 0.5) is 0 Å². The molecule has 0 unspecified atom stereocenters. The molecule has 2 saturated heterocycles. The second-order valence-corrected chi connectivity index (χ2v) is 12.7. The predicted octanol–water partition coefficient (Wildman–Crippen LogP) is 4.37. The van der Waals surface area contributed by atoms with Gasteiger partial charge in [-0.25, -0.2) is 4.79 Å². The fraction of sp³-hybridized carbons (Fsp3) is 0.455. The fourth-order valence-corrected chi connectivity index (χ4v) is 6.38. The number of rotatable bonds is 10. The molecule has 1 aliphatic carbocycles. The van der Waals surface area contributed by atoms with Gasteiger partial charge in [-0.1, -0.05) is 28.8 Å². The maximum absolute atomic E-state index is 13.0. The number of hydrogen-bond donors (Lipinski definition) is 1. The average molecular weight is 633 g/mol. The second kappa shape index (κ2) is 13.4. The summed E-state index contributed by atoms with van der Waals surface area (Å²) < 4.78 is 21.0. The number of aromatic nitrogens is 2. The Morgan fingerprint density at radius 3 is 2.47 bits per heavy atom. The smallest absolute Gasteiger partial charge is 0.338 e. The highest BCUT2D eigenvalue weighted by molar-refractivity contribution is 7.08. The molecular formula is C33H36N4O7S. The number of piperidine rings is 1. The summed E-state index contributed by atoms with van der Waals surface area (Å²) in [7, 11) is 0. The fourth-order valence-electron chi connectivity index (χ4n) is 5.82. The quantitative estimate of drug-likeness (QED) is 0.323. The SMILES string of the molecule is Cc1nnsc1C(=O)N[C@@H](C)[C@H](Oc1ccc(C(=O)O[C@H]2CCCN(C(=O)[C@H]3COC(=O)C3)C2)cc1)c1ccc(C2CC2)cc1. The molecule has 3 fully saturated rings. The van der Waals surface area contributed by atoms with Crippen LogP contribution in [-0.2, 0) is 19.1 Å². The van der Waals surface area contributed by atoms with E-state index in [4.69, 9.17) is 14.2 Å². The molecule has 0 radical (unpaired) electrons. The molecule has 12 heteroatoms. The molecule has 3 aromatic rings. The van der Waals surface area contributed by atoms with Crippen molar-refractivity contribution in [2.75, 3.05) is 19.7 Å². The van der Waals surface area contributed by atoms with Crippen LogP contribution in [0.3, 0.4) is 0 Å². The van der Waals surface area contributed by atoms with Gasteiger partial charge in [-0.05, 0) is 92.4 Å². The Labute approximate surface area is 265 Å². The van der Waals surface area contributed by atoms with Crippen molar-refractivity contribution >= 4 is 35.3 Å². The van der Waals surface area contributed by atoms with Crippen LogP contribution in [0.2, 0.25) is 0 Å². The van der Waals surface area contributed by atoms with Crippen molar-refractivity contribution in [3.63, 3.8) is 0 Å². The van der Waals surface area contributed by atoms with Gasteiger partial charge in [0.15, 0.2) is 0 Å². The standard InChI is InChI=1S/C33H36N4O7S/c1-19(34-31(39)30-20(2)35-36-45-30)29(23-9-7-22(8-10-23)21-5-6-21)43-26-13-11-24(12-14-26)33(41)44-27-4-3-15-37(17-27)32(40)25-16-28(38)42-18-25/h7-14,19,21,25,27,29H,3-6,15-18H2,1-2H3,(H,34,39)/t19-,25+,27-,29-/m0/s1. The number of aryl methyl sites for hydroxylation is 1. The normalized spacial score (nSPS) is 21.0. The number of carbonyl (C=O) groups excluding carboxylic acids is 4. The molecule has 1 saturated carbocycles. The molecule has 3 aliphatic rings. The van der Waals surface area contributed by atoms with Crippen LogP contribution in [-0.4, -0.2) is 70.1 Å². The summed E-state index contributed by atoms with van der Waals surface area (Å²) >= 11 is 1.05. The third kappa shape index (κ3) is 7.33. The van der Waals surface area contributed by atoms with Gasteiger partial charge in [-0.2, -0.15) is 0 Å². The largest absolute Gasteiger partial charge is 0.484 e. The molecule has 2 amide bonds. The molecule has 1 aromatic heterocycles. The zero-order chi connectivity index (χ0) is 31.5.